The molecule has 1 aromatic heterocycles. The highest BCUT2D eigenvalue weighted by molar-refractivity contribution is 5.97. The minimum Gasteiger partial charge on any atom is -0.507 e. The van der Waals surface area contributed by atoms with Crippen molar-refractivity contribution >= 4 is 22.4 Å². The highest BCUT2D eigenvalue weighted by Crippen LogP contribution is 2.29. The van der Waals surface area contributed by atoms with Crippen molar-refractivity contribution in [3.63, 3.8) is 0 Å². The summed E-state index contributed by atoms with van der Waals surface area (Å²) in [6.45, 7) is 0.915. The number of nitrogens with one attached hydrogen (secondary N) is 2. The Kier molecular flexibility index (Phi) is 5.67. The predicted octanol–water partition coefficient (Wildman–Crippen LogP) is 4.73. The number of hydrogen-bond donors (Lipinski definition) is 4. The number of rotatable bonds is 7. The van der Waals surface area contributed by atoms with Gasteiger partial charge in [0.1, 0.15) is 11.3 Å². The summed E-state index contributed by atoms with van der Waals surface area (Å²) in [6, 6.07) is 14.1. The second kappa shape index (κ2) is 8.53. The molecule has 0 radical (unpaired) electrons. The fourth-order valence-corrected chi connectivity index (χ4v) is 4.16. The lowest BCUT2D eigenvalue weighted by Crippen LogP contribution is -2.32. The molecule has 150 valence electrons. The van der Waals surface area contributed by atoms with Crippen LogP contribution in [0.2, 0.25) is 0 Å². The summed E-state index contributed by atoms with van der Waals surface area (Å²) in [6.07, 6.45) is 9.41. The normalized spacial score (nSPS) is 16.7. The van der Waals surface area contributed by atoms with E-state index in [0.717, 1.165) is 55.1 Å². The molecule has 0 saturated carbocycles. The van der Waals surface area contributed by atoms with Gasteiger partial charge >= 0.3 is 5.97 Å². The number of unbranched alkanes of at least 4 members (excludes halogenated alkanes) is 1. The molecule has 1 aliphatic heterocycles. The second-order valence-corrected chi connectivity index (χ2v) is 7.68. The van der Waals surface area contributed by atoms with E-state index in [1.54, 1.807) is 6.07 Å². The number of aromatic amines is 1. The second-order valence-electron chi connectivity index (χ2n) is 7.68. The van der Waals surface area contributed by atoms with Crippen LogP contribution in [0.25, 0.3) is 16.5 Å². The molecule has 2 aromatic carbocycles. The van der Waals surface area contributed by atoms with Crippen molar-refractivity contribution in [2.75, 3.05) is 6.54 Å². The number of aromatic carboxylic acids is 1. The van der Waals surface area contributed by atoms with Crippen LogP contribution in [0.1, 0.15) is 47.2 Å². The van der Waals surface area contributed by atoms with Gasteiger partial charge in [-0.25, -0.2) is 4.79 Å². The lowest BCUT2D eigenvalue weighted by molar-refractivity contribution is 0.0694. The zero-order valence-electron chi connectivity index (χ0n) is 16.3. The maximum absolute atomic E-state index is 11.3. The molecule has 1 unspecified atom stereocenters. The Bertz CT molecular complexity index is 1040. The van der Waals surface area contributed by atoms with Crippen molar-refractivity contribution in [1.29, 1.82) is 0 Å². The van der Waals surface area contributed by atoms with Crippen LogP contribution in [-0.4, -0.2) is 33.8 Å². The van der Waals surface area contributed by atoms with Crippen molar-refractivity contribution in [2.45, 2.75) is 38.1 Å². The van der Waals surface area contributed by atoms with Gasteiger partial charge in [0.05, 0.1) is 0 Å². The molecule has 2 heterocycles. The number of benzene rings is 2. The Morgan fingerprint density at radius 1 is 1.14 bits per heavy atom. The van der Waals surface area contributed by atoms with Gasteiger partial charge in [-0.2, -0.15) is 0 Å². The Labute approximate surface area is 170 Å². The van der Waals surface area contributed by atoms with E-state index in [1.165, 1.54) is 17.2 Å². The van der Waals surface area contributed by atoms with E-state index in [1.807, 2.05) is 12.3 Å². The first-order valence-corrected chi connectivity index (χ1v) is 10.2. The number of aryl methyl sites for hydroxylation is 1. The van der Waals surface area contributed by atoms with Crippen molar-refractivity contribution in [3.8, 4) is 5.75 Å². The molecule has 29 heavy (non-hydrogen) atoms. The summed E-state index contributed by atoms with van der Waals surface area (Å²) >= 11 is 0. The van der Waals surface area contributed by atoms with Crippen LogP contribution in [0.5, 0.6) is 5.75 Å². The van der Waals surface area contributed by atoms with Gasteiger partial charge in [-0.1, -0.05) is 42.8 Å². The Morgan fingerprint density at radius 3 is 2.76 bits per heavy atom. The predicted molar refractivity (Wildman–Crippen MR) is 115 cm³/mol. The number of carbonyl (C=O) groups is 1. The van der Waals surface area contributed by atoms with E-state index in [2.05, 4.69) is 40.6 Å². The van der Waals surface area contributed by atoms with Crippen LogP contribution in [0.3, 0.4) is 0 Å². The first-order chi connectivity index (χ1) is 14.1. The molecular formula is C24H26N2O3. The minimum atomic E-state index is -1.11. The summed E-state index contributed by atoms with van der Waals surface area (Å²) in [5.41, 5.74) is 4.56. The number of phenols is 1. The molecule has 0 bridgehead atoms. The first-order valence-electron chi connectivity index (χ1n) is 10.2. The molecule has 3 aromatic rings. The maximum Gasteiger partial charge on any atom is 0.339 e. The fourth-order valence-electron chi connectivity index (χ4n) is 4.16. The minimum absolute atomic E-state index is 0.0509. The summed E-state index contributed by atoms with van der Waals surface area (Å²) in [5.74, 6) is -1.31. The Hall–Kier alpha value is -3.05. The van der Waals surface area contributed by atoms with Crippen molar-refractivity contribution < 1.29 is 15.0 Å². The molecule has 0 saturated heterocycles. The van der Waals surface area contributed by atoms with E-state index in [4.69, 9.17) is 0 Å². The topological polar surface area (TPSA) is 85.4 Å². The van der Waals surface area contributed by atoms with Crippen LogP contribution < -0.4 is 5.32 Å². The van der Waals surface area contributed by atoms with Gasteiger partial charge in [-0.05, 0) is 48.4 Å². The summed E-state index contributed by atoms with van der Waals surface area (Å²) < 4.78 is 0. The van der Waals surface area contributed by atoms with E-state index in [-0.39, 0.29) is 11.3 Å². The number of aromatic hydroxyl groups is 1. The van der Waals surface area contributed by atoms with E-state index < -0.39 is 5.97 Å². The smallest absolute Gasteiger partial charge is 0.339 e. The molecule has 0 aliphatic carbocycles. The standard InChI is InChI=1S/C24H26N2O3/c27-23-14-22-20(13-21(23)24(28)29)18(15-26-22)8-4-5-9-19-12-17(10-11-25-19)16-6-2-1-3-7-16/h1-3,6-7,10,13-15,19,25-27H,4-5,8-9,11-12H2,(H,28,29). The van der Waals surface area contributed by atoms with Crippen molar-refractivity contribution in [1.82, 2.24) is 10.3 Å². The van der Waals surface area contributed by atoms with Gasteiger partial charge in [-0.15, -0.1) is 0 Å². The van der Waals surface area contributed by atoms with Gasteiger partial charge < -0.3 is 20.5 Å². The summed E-state index contributed by atoms with van der Waals surface area (Å²) in [5, 5.41) is 23.5. The summed E-state index contributed by atoms with van der Waals surface area (Å²) in [7, 11) is 0. The van der Waals surface area contributed by atoms with Crippen LogP contribution in [0.15, 0.2) is 54.7 Å². The van der Waals surface area contributed by atoms with E-state index >= 15 is 0 Å². The molecule has 4 N–H and O–H groups in total. The lowest BCUT2D eigenvalue weighted by atomic mass is 9.92. The SMILES string of the molecule is O=C(O)c1cc2c(CCCCC3CC(c4ccccc4)=CCN3)c[nH]c2cc1O. The van der Waals surface area contributed by atoms with Gasteiger partial charge in [0.2, 0.25) is 0 Å². The molecule has 4 rings (SSSR count). The summed E-state index contributed by atoms with van der Waals surface area (Å²) in [4.78, 5) is 14.4. The number of carboxylic acid groups (broad SMARTS) is 1. The largest absolute Gasteiger partial charge is 0.507 e. The number of fused-ring (bicyclic) bond motifs is 1. The fraction of sp³-hybridized carbons (Fsp3) is 0.292. The number of hydrogen-bond acceptors (Lipinski definition) is 3. The third-order valence-corrected chi connectivity index (χ3v) is 5.73. The quantitative estimate of drug-likeness (QED) is 0.439. The van der Waals surface area contributed by atoms with Crippen LogP contribution in [-0.2, 0) is 6.42 Å². The van der Waals surface area contributed by atoms with Crippen LogP contribution >= 0.6 is 0 Å². The Morgan fingerprint density at radius 2 is 1.97 bits per heavy atom. The zero-order chi connectivity index (χ0) is 20.2. The molecule has 1 aliphatic rings. The Balaban J connectivity index is 1.32. The third-order valence-electron chi connectivity index (χ3n) is 5.73. The zero-order valence-corrected chi connectivity index (χ0v) is 16.3. The molecule has 1 atom stereocenters. The molecule has 0 spiro atoms. The lowest BCUT2D eigenvalue weighted by Gasteiger charge is -2.24. The number of H-pyrrole nitrogens is 1. The van der Waals surface area contributed by atoms with Gasteiger partial charge in [0.15, 0.2) is 0 Å². The third kappa shape index (κ3) is 4.35. The monoisotopic (exact) mass is 390 g/mol. The van der Waals surface area contributed by atoms with E-state index in [0.29, 0.717) is 6.04 Å². The molecule has 0 amide bonds. The molecule has 5 heteroatoms. The molecule has 0 fully saturated rings. The first kappa shape index (κ1) is 19.3. The van der Waals surface area contributed by atoms with E-state index in [9.17, 15) is 15.0 Å². The maximum atomic E-state index is 11.3. The number of carboxylic acids is 1. The van der Waals surface area contributed by atoms with Crippen molar-refractivity contribution in [2.24, 2.45) is 0 Å². The molecular weight excluding hydrogens is 364 g/mol. The van der Waals surface area contributed by atoms with Gasteiger partial charge in [0.25, 0.3) is 0 Å². The van der Waals surface area contributed by atoms with Gasteiger partial charge in [0, 0.05) is 35.8 Å². The highest BCUT2D eigenvalue weighted by atomic mass is 16.4. The average Bonchev–Trinajstić information content (AvgIpc) is 3.13. The van der Waals surface area contributed by atoms with Crippen LogP contribution in [0.4, 0.5) is 0 Å². The van der Waals surface area contributed by atoms with Crippen LogP contribution in [0, 0.1) is 0 Å². The average molecular weight is 390 g/mol. The van der Waals surface area contributed by atoms with Crippen molar-refractivity contribution in [3.05, 3.63) is 71.4 Å². The highest BCUT2D eigenvalue weighted by Gasteiger charge is 2.16. The molecule has 5 nitrogen and oxygen atoms in total. The van der Waals surface area contributed by atoms with Gasteiger partial charge in [-0.3, -0.25) is 0 Å². The number of aromatic nitrogens is 1.